The van der Waals surface area contributed by atoms with Crippen LogP contribution in [0.5, 0.6) is 0 Å². The molecule has 1 amide bonds. The van der Waals surface area contributed by atoms with Crippen molar-refractivity contribution < 1.29 is 4.79 Å². The number of likely N-dealkylation sites (N-methyl/N-ethyl adjacent to an activating group) is 1. The third-order valence-electron chi connectivity index (χ3n) is 2.71. The molecular weight excluding hydrogens is 188 g/mol. The number of aryl methyl sites for hydroxylation is 2. The maximum Gasteiger partial charge on any atom is 0.227 e. The summed E-state index contributed by atoms with van der Waals surface area (Å²) < 4.78 is 0. The predicted octanol–water partition coefficient (Wildman–Crippen LogP) is 2.04. The highest BCUT2D eigenvalue weighted by Crippen LogP contribution is 2.11. The molecule has 15 heavy (non-hydrogen) atoms. The number of nitrogens with one attached hydrogen (secondary N) is 1. The van der Waals surface area contributed by atoms with Crippen LogP contribution in [0.1, 0.15) is 30.8 Å². The standard InChI is InChI=1S/C12H20N2O/c1-5-14(6-2)12(15)8-11-7-9(3)13-10(11)4/h7,13H,5-6,8H2,1-4H3. The van der Waals surface area contributed by atoms with Crippen LogP contribution in [0, 0.1) is 13.8 Å². The Bertz CT molecular complexity index is 337. The third-order valence-corrected chi connectivity index (χ3v) is 2.71. The lowest BCUT2D eigenvalue weighted by molar-refractivity contribution is -0.130. The van der Waals surface area contributed by atoms with E-state index in [1.165, 1.54) is 0 Å². The number of nitrogens with zero attached hydrogens (tertiary/aromatic N) is 1. The smallest absolute Gasteiger partial charge is 0.227 e. The molecule has 0 aromatic carbocycles. The number of carbonyl (C=O) groups excluding carboxylic acids is 1. The van der Waals surface area contributed by atoms with Gasteiger partial charge in [-0.05, 0) is 39.3 Å². The first-order chi connectivity index (χ1) is 7.08. The van der Waals surface area contributed by atoms with Crippen molar-refractivity contribution in [2.24, 2.45) is 0 Å². The van der Waals surface area contributed by atoms with Gasteiger partial charge in [-0.25, -0.2) is 0 Å². The van der Waals surface area contributed by atoms with Gasteiger partial charge in [-0.2, -0.15) is 0 Å². The summed E-state index contributed by atoms with van der Waals surface area (Å²) in [6.07, 6.45) is 0.512. The van der Waals surface area contributed by atoms with E-state index in [4.69, 9.17) is 0 Å². The molecule has 1 aromatic heterocycles. The Morgan fingerprint density at radius 3 is 2.33 bits per heavy atom. The molecule has 0 spiro atoms. The number of aromatic nitrogens is 1. The quantitative estimate of drug-likeness (QED) is 0.807. The highest BCUT2D eigenvalue weighted by molar-refractivity contribution is 5.79. The summed E-state index contributed by atoms with van der Waals surface area (Å²) in [5, 5.41) is 0. The van der Waals surface area contributed by atoms with Gasteiger partial charge in [-0.1, -0.05) is 0 Å². The Hall–Kier alpha value is -1.25. The molecular formula is C12H20N2O. The lowest BCUT2D eigenvalue weighted by Gasteiger charge is -2.18. The Morgan fingerprint density at radius 2 is 1.93 bits per heavy atom. The zero-order chi connectivity index (χ0) is 11.4. The number of aromatic amines is 1. The summed E-state index contributed by atoms with van der Waals surface area (Å²) >= 11 is 0. The molecule has 0 radical (unpaired) electrons. The fraction of sp³-hybridized carbons (Fsp3) is 0.583. The van der Waals surface area contributed by atoms with Gasteiger partial charge in [0.05, 0.1) is 6.42 Å². The number of carbonyl (C=O) groups is 1. The van der Waals surface area contributed by atoms with Gasteiger partial charge < -0.3 is 9.88 Å². The summed E-state index contributed by atoms with van der Waals surface area (Å²) in [4.78, 5) is 16.9. The van der Waals surface area contributed by atoms with Crippen LogP contribution in [-0.4, -0.2) is 28.9 Å². The summed E-state index contributed by atoms with van der Waals surface area (Å²) in [6.45, 7) is 9.62. The maximum atomic E-state index is 11.8. The number of H-pyrrole nitrogens is 1. The zero-order valence-corrected chi connectivity index (χ0v) is 10.1. The summed E-state index contributed by atoms with van der Waals surface area (Å²) in [7, 11) is 0. The fourth-order valence-electron chi connectivity index (χ4n) is 1.82. The number of hydrogen-bond donors (Lipinski definition) is 1. The Morgan fingerprint density at radius 1 is 1.33 bits per heavy atom. The topological polar surface area (TPSA) is 36.1 Å². The van der Waals surface area contributed by atoms with E-state index >= 15 is 0 Å². The van der Waals surface area contributed by atoms with Crippen LogP contribution >= 0.6 is 0 Å². The largest absolute Gasteiger partial charge is 0.362 e. The average Bonchev–Trinajstić information content (AvgIpc) is 2.47. The van der Waals surface area contributed by atoms with Crippen molar-refractivity contribution in [3.8, 4) is 0 Å². The third kappa shape index (κ3) is 2.85. The molecule has 3 heteroatoms. The van der Waals surface area contributed by atoms with Gasteiger partial charge in [0.25, 0.3) is 0 Å². The van der Waals surface area contributed by atoms with Crippen molar-refractivity contribution in [1.29, 1.82) is 0 Å². The first-order valence-corrected chi connectivity index (χ1v) is 5.51. The number of rotatable bonds is 4. The lowest BCUT2D eigenvalue weighted by Crippen LogP contribution is -2.31. The van der Waals surface area contributed by atoms with E-state index in [0.717, 1.165) is 30.0 Å². The normalized spacial score (nSPS) is 10.4. The predicted molar refractivity (Wildman–Crippen MR) is 61.9 cm³/mol. The molecule has 0 aliphatic heterocycles. The van der Waals surface area contributed by atoms with E-state index in [1.807, 2.05) is 32.6 Å². The van der Waals surface area contributed by atoms with E-state index in [2.05, 4.69) is 11.1 Å². The van der Waals surface area contributed by atoms with Gasteiger partial charge in [0.2, 0.25) is 5.91 Å². The highest BCUT2D eigenvalue weighted by atomic mass is 16.2. The summed E-state index contributed by atoms with van der Waals surface area (Å²) in [5.74, 6) is 0.210. The van der Waals surface area contributed by atoms with Crippen LogP contribution < -0.4 is 0 Å². The number of amides is 1. The molecule has 84 valence electrons. The van der Waals surface area contributed by atoms with Crippen molar-refractivity contribution in [3.63, 3.8) is 0 Å². The molecule has 0 bridgehead atoms. The Labute approximate surface area is 91.5 Å². The zero-order valence-electron chi connectivity index (χ0n) is 10.1. The van der Waals surface area contributed by atoms with Crippen LogP contribution in [0.15, 0.2) is 6.07 Å². The van der Waals surface area contributed by atoms with E-state index in [-0.39, 0.29) is 5.91 Å². The minimum absolute atomic E-state index is 0.210. The van der Waals surface area contributed by atoms with Crippen molar-refractivity contribution in [2.75, 3.05) is 13.1 Å². The summed E-state index contributed by atoms with van der Waals surface area (Å²) in [5.41, 5.74) is 3.34. The molecule has 0 unspecified atom stereocenters. The van der Waals surface area contributed by atoms with E-state index in [1.54, 1.807) is 0 Å². The van der Waals surface area contributed by atoms with Crippen molar-refractivity contribution >= 4 is 5.91 Å². The molecule has 1 N–H and O–H groups in total. The molecule has 1 aromatic rings. The first-order valence-electron chi connectivity index (χ1n) is 5.51. The lowest BCUT2D eigenvalue weighted by atomic mass is 10.1. The second kappa shape index (κ2) is 5.01. The van der Waals surface area contributed by atoms with Crippen LogP contribution in [-0.2, 0) is 11.2 Å². The molecule has 0 saturated heterocycles. The molecule has 1 rings (SSSR count). The highest BCUT2D eigenvalue weighted by Gasteiger charge is 2.12. The van der Waals surface area contributed by atoms with Gasteiger partial charge in [-0.3, -0.25) is 4.79 Å². The van der Waals surface area contributed by atoms with E-state index in [9.17, 15) is 4.79 Å². The molecule has 0 aliphatic carbocycles. The molecule has 0 saturated carbocycles. The van der Waals surface area contributed by atoms with Gasteiger partial charge in [0, 0.05) is 24.5 Å². The molecule has 0 fully saturated rings. The minimum Gasteiger partial charge on any atom is -0.362 e. The van der Waals surface area contributed by atoms with Crippen LogP contribution in [0.4, 0.5) is 0 Å². The molecule has 1 heterocycles. The van der Waals surface area contributed by atoms with E-state index in [0.29, 0.717) is 6.42 Å². The molecule has 3 nitrogen and oxygen atoms in total. The minimum atomic E-state index is 0.210. The molecule has 0 atom stereocenters. The second-order valence-corrected chi connectivity index (χ2v) is 3.85. The monoisotopic (exact) mass is 208 g/mol. The van der Waals surface area contributed by atoms with Gasteiger partial charge in [0.15, 0.2) is 0 Å². The van der Waals surface area contributed by atoms with Crippen LogP contribution in [0.3, 0.4) is 0 Å². The first kappa shape index (κ1) is 11.8. The van der Waals surface area contributed by atoms with Crippen LogP contribution in [0.25, 0.3) is 0 Å². The van der Waals surface area contributed by atoms with Crippen molar-refractivity contribution in [1.82, 2.24) is 9.88 Å². The average molecular weight is 208 g/mol. The SMILES string of the molecule is CCN(CC)C(=O)Cc1cc(C)[nH]c1C. The summed E-state index contributed by atoms with van der Waals surface area (Å²) in [6, 6.07) is 2.05. The van der Waals surface area contributed by atoms with Gasteiger partial charge >= 0.3 is 0 Å². The van der Waals surface area contributed by atoms with Crippen LogP contribution in [0.2, 0.25) is 0 Å². The van der Waals surface area contributed by atoms with Gasteiger partial charge in [-0.15, -0.1) is 0 Å². The fourth-order valence-corrected chi connectivity index (χ4v) is 1.82. The van der Waals surface area contributed by atoms with Crippen molar-refractivity contribution in [3.05, 3.63) is 23.0 Å². The van der Waals surface area contributed by atoms with Crippen molar-refractivity contribution in [2.45, 2.75) is 34.1 Å². The van der Waals surface area contributed by atoms with Gasteiger partial charge in [0.1, 0.15) is 0 Å². The number of hydrogen-bond acceptors (Lipinski definition) is 1. The Balaban J connectivity index is 2.69. The molecule has 0 aliphatic rings. The Kier molecular flexibility index (Phi) is 3.95. The maximum absolute atomic E-state index is 11.8. The second-order valence-electron chi connectivity index (χ2n) is 3.85. The van der Waals surface area contributed by atoms with E-state index < -0.39 is 0 Å².